The normalized spacial score (nSPS) is 26.6. The number of ether oxygens (including phenoxy) is 1. The van der Waals surface area contributed by atoms with Crippen LogP contribution in [0.4, 0.5) is 5.82 Å². The maximum absolute atomic E-state index is 6.10. The van der Waals surface area contributed by atoms with Crippen molar-refractivity contribution in [2.24, 2.45) is 5.92 Å². The van der Waals surface area contributed by atoms with E-state index < -0.39 is 0 Å². The highest BCUT2D eigenvalue weighted by Crippen LogP contribution is 2.38. The van der Waals surface area contributed by atoms with Gasteiger partial charge in [-0.15, -0.1) is 0 Å². The maximum atomic E-state index is 6.10. The van der Waals surface area contributed by atoms with Gasteiger partial charge in [0.25, 0.3) is 0 Å². The van der Waals surface area contributed by atoms with E-state index in [0.29, 0.717) is 11.7 Å². The predicted molar refractivity (Wildman–Crippen MR) is 71.2 cm³/mol. The molecule has 3 rings (SSSR count). The van der Waals surface area contributed by atoms with Gasteiger partial charge < -0.3 is 15.8 Å². The molecule has 0 amide bonds. The van der Waals surface area contributed by atoms with Crippen molar-refractivity contribution in [3.63, 3.8) is 0 Å². The Balaban J connectivity index is 1.62. The second-order valence-corrected chi connectivity index (χ2v) is 5.57. The molecule has 4 nitrogen and oxygen atoms in total. The van der Waals surface area contributed by atoms with Crippen molar-refractivity contribution in [2.75, 3.05) is 25.4 Å². The second kappa shape index (κ2) is 4.86. The van der Waals surface area contributed by atoms with E-state index in [-0.39, 0.29) is 5.60 Å². The van der Waals surface area contributed by atoms with E-state index in [1.807, 2.05) is 12.1 Å². The van der Waals surface area contributed by atoms with Crippen LogP contribution >= 0.6 is 0 Å². The van der Waals surface area contributed by atoms with E-state index in [9.17, 15) is 0 Å². The minimum Gasteiger partial charge on any atom is -0.384 e. The molecule has 0 aliphatic carbocycles. The fraction of sp³-hybridized carbons (Fsp3) is 0.643. The zero-order valence-corrected chi connectivity index (χ0v) is 10.7. The van der Waals surface area contributed by atoms with E-state index in [1.54, 1.807) is 0 Å². The number of nitrogens with zero attached hydrogens (tertiary/aromatic N) is 1. The first kappa shape index (κ1) is 11.9. The molecule has 2 fully saturated rings. The van der Waals surface area contributed by atoms with Gasteiger partial charge in [-0.2, -0.15) is 0 Å². The van der Waals surface area contributed by atoms with Crippen LogP contribution < -0.4 is 11.1 Å². The van der Waals surface area contributed by atoms with E-state index in [0.717, 1.165) is 44.7 Å². The summed E-state index contributed by atoms with van der Waals surface area (Å²) in [4.78, 5) is 4.38. The van der Waals surface area contributed by atoms with Crippen LogP contribution in [0.25, 0.3) is 0 Å². The Labute approximate surface area is 108 Å². The summed E-state index contributed by atoms with van der Waals surface area (Å²) in [6, 6.07) is 5.88. The SMILES string of the molecule is Nc1cccc(C[C@H]2COC3(CCNCC3)C2)n1. The van der Waals surface area contributed by atoms with Gasteiger partial charge in [0, 0.05) is 5.69 Å². The summed E-state index contributed by atoms with van der Waals surface area (Å²) in [7, 11) is 0. The van der Waals surface area contributed by atoms with Crippen molar-refractivity contribution in [2.45, 2.75) is 31.3 Å². The van der Waals surface area contributed by atoms with Gasteiger partial charge in [0.05, 0.1) is 12.2 Å². The summed E-state index contributed by atoms with van der Waals surface area (Å²) in [6.07, 6.45) is 4.45. The quantitative estimate of drug-likeness (QED) is 0.828. The number of anilines is 1. The molecule has 98 valence electrons. The number of nitrogens with one attached hydrogen (secondary N) is 1. The van der Waals surface area contributed by atoms with E-state index in [1.165, 1.54) is 6.42 Å². The smallest absolute Gasteiger partial charge is 0.123 e. The van der Waals surface area contributed by atoms with Crippen molar-refractivity contribution in [3.8, 4) is 0 Å². The molecule has 1 spiro atoms. The zero-order valence-electron chi connectivity index (χ0n) is 10.7. The zero-order chi connectivity index (χ0) is 12.4. The molecule has 0 bridgehead atoms. The molecule has 4 heteroatoms. The lowest BCUT2D eigenvalue weighted by Gasteiger charge is -2.33. The summed E-state index contributed by atoms with van der Waals surface area (Å²) in [5, 5.41) is 3.40. The molecule has 3 heterocycles. The highest BCUT2D eigenvalue weighted by Gasteiger charge is 2.40. The van der Waals surface area contributed by atoms with Gasteiger partial charge in [-0.1, -0.05) is 6.07 Å². The van der Waals surface area contributed by atoms with Gasteiger partial charge in [0.2, 0.25) is 0 Å². The Bertz CT molecular complexity index is 415. The summed E-state index contributed by atoms with van der Waals surface area (Å²) >= 11 is 0. The molecule has 1 atom stereocenters. The first-order valence-electron chi connectivity index (χ1n) is 6.82. The molecule has 0 unspecified atom stereocenters. The van der Waals surface area contributed by atoms with Gasteiger partial charge >= 0.3 is 0 Å². The van der Waals surface area contributed by atoms with Gasteiger partial charge in [0.1, 0.15) is 5.82 Å². The number of nitrogen functional groups attached to an aromatic ring is 1. The number of rotatable bonds is 2. The Morgan fingerprint density at radius 3 is 3.00 bits per heavy atom. The number of nitrogens with two attached hydrogens (primary N) is 1. The molecule has 2 aliphatic heterocycles. The fourth-order valence-corrected chi connectivity index (χ4v) is 3.21. The molecular weight excluding hydrogens is 226 g/mol. The lowest BCUT2D eigenvalue weighted by atomic mass is 9.85. The standard InChI is InChI=1S/C14H21N3O/c15-13-3-1-2-12(17-13)8-11-9-14(18-10-11)4-6-16-7-5-14/h1-3,11,16H,4-10H2,(H2,15,17)/t11-/m1/s1. The van der Waals surface area contributed by atoms with E-state index in [4.69, 9.17) is 10.5 Å². The lowest BCUT2D eigenvalue weighted by Crippen LogP contribution is -2.41. The molecule has 1 aromatic heterocycles. The second-order valence-electron chi connectivity index (χ2n) is 5.57. The number of piperidine rings is 1. The van der Waals surface area contributed by atoms with Crippen LogP contribution in [0.1, 0.15) is 25.0 Å². The topological polar surface area (TPSA) is 60.2 Å². The first-order valence-corrected chi connectivity index (χ1v) is 6.82. The summed E-state index contributed by atoms with van der Waals surface area (Å²) < 4.78 is 6.10. The average molecular weight is 247 g/mol. The summed E-state index contributed by atoms with van der Waals surface area (Å²) in [5.74, 6) is 1.21. The van der Waals surface area contributed by atoms with Gasteiger partial charge in [-0.25, -0.2) is 4.98 Å². The van der Waals surface area contributed by atoms with Crippen LogP contribution in [0.2, 0.25) is 0 Å². The van der Waals surface area contributed by atoms with Crippen LogP contribution in [0.3, 0.4) is 0 Å². The maximum Gasteiger partial charge on any atom is 0.123 e. The van der Waals surface area contributed by atoms with Crippen LogP contribution in [-0.2, 0) is 11.2 Å². The molecular formula is C14H21N3O. The van der Waals surface area contributed by atoms with Gasteiger partial charge in [0.15, 0.2) is 0 Å². The predicted octanol–water partition coefficient (Wildman–Crippen LogP) is 1.36. The third-order valence-corrected chi connectivity index (χ3v) is 4.13. The monoisotopic (exact) mass is 247 g/mol. The number of aromatic nitrogens is 1. The highest BCUT2D eigenvalue weighted by atomic mass is 16.5. The molecule has 2 aliphatic rings. The van der Waals surface area contributed by atoms with Gasteiger partial charge in [-0.05, 0) is 56.8 Å². The van der Waals surface area contributed by atoms with Crippen molar-refractivity contribution >= 4 is 5.82 Å². The molecule has 2 saturated heterocycles. The van der Waals surface area contributed by atoms with Crippen LogP contribution in [0.5, 0.6) is 0 Å². The van der Waals surface area contributed by atoms with E-state index >= 15 is 0 Å². The summed E-state index contributed by atoms with van der Waals surface area (Å²) in [6.45, 7) is 3.04. The Morgan fingerprint density at radius 1 is 1.39 bits per heavy atom. The molecule has 3 N–H and O–H groups in total. The minimum atomic E-state index is 0.149. The van der Waals surface area contributed by atoms with Gasteiger partial charge in [-0.3, -0.25) is 0 Å². The summed E-state index contributed by atoms with van der Waals surface area (Å²) in [5.41, 5.74) is 6.96. The average Bonchev–Trinajstić information content (AvgIpc) is 2.73. The van der Waals surface area contributed by atoms with Crippen molar-refractivity contribution in [3.05, 3.63) is 23.9 Å². The molecule has 1 aromatic rings. The Kier molecular flexibility index (Phi) is 3.22. The molecule has 18 heavy (non-hydrogen) atoms. The minimum absolute atomic E-state index is 0.149. The number of hydrogen-bond donors (Lipinski definition) is 2. The molecule has 0 saturated carbocycles. The van der Waals surface area contributed by atoms with Crippen molar-refractivity contribution in [1.29, 1.82) is 0 Å². The fourth-order valence-electron chi connectivity index (χ4n) is 3.21. The number of pyridine rings is 1. The van der Waals surface area contributed by atoms with E-state index in [2.05, 4.69) is 16.4 Å². The van der Waals surface area contributed by atoms with Crippen molar-refractivity contribution in [1.82, 2.24) is 10.3 Å². The Hall–Kier alpha value is -1.13. The third kappa shape index (κ3) is 2.49. The number of hydrogen-bond acceptors (Lipinski definition) is 4. The molecule has 0 aromatic carbocycles. The first-order chi connectivity index (χ1) is 8.76. The van der Waals surface area contributed by atoms with Crippen LogP contribution in [-0.4, -0.2) is 30.3 Å². The largest absolute Gasteiger partial charge is 0.384 e. The third-order valence-electron chi connectivity index (χ3n) is 4.13. The van der Waals surface area contributed by atoms with Crippen LogP contribution in [0.15, 0.2) is 18.2 Å². The Morgan fingerprint density at radius 2 is 2.22 bits per heavy atom. The van der Waals surface area contributed by atoms with Crippen molar-refractivity contribution < 1.29 is 4.74 Å². The molecule has 0 radical (unpaired) electrons. The highest BCUT2D eigenvalue weighted by molar-refractivity contribution is 5.28. The lowest BCUT2D eigenvalue weighted by molar-refractivity contribution is -0.0196. The van der Waals surface area contributed by atoms with Crippen LogP contribution in [0, 0.1) is 5.92 Å².